The SMILES string of the molecule is CCCOc1ccc(-c2nc3sc(=C4C(=O)N(CC(=O)Nc5cccc(Cl)c5)c5ccccc54)c(=O)n3n2)cc1. The normalized spacial score (nSPS) is 14.1. The van der Waals surface area contributed by atoms with Crippen LogP contribution in [-0.2, 0) is 9.59 Å². The topological polar surface area (TPSA) is 106 Å². The molecule has 0 saturated carbocycles. The third-order valence-corrected chi connectivity index (χ3v) is 7.57. The number of halogens is 1. The average Bonchev–Trinajstić information content (AvgIpc) is 3.58. The largest absolute Gasteiger partial charge is 0.494 e. The van der Waals surface area contributed by atoms with Gasteiger partial charge in [-0.25, -0.2) is 0 Å². The zero-order valence-corrected chi connectivity index (χ0v) is 22.8. The van der Waals surface area contributed by atoms with Crippen molar-refractivity contribution in [1.82, 2.24) is 14.6 Å². The Morgan fingerprint density at radius 2 is 1.85 bits per heavy atom. The van der Waals surface area contributed by atoms with E-state index in [0.717, 1.165) is 29.1 Å². The predicted octanol–water partition coefficient (Wildman–Crippen LogP) is 4.16. The first-order valence-corrected chi connectivity index (χ1v) is 13.8. The average molecular weight is 572 g/mol. The van der Waals surface area contributed by atoms with E-state index in [9.17, 15) is 14.4 Å². The van der Waals surface area contributed by atoms with Crippen molar-refractivity contribution in [1.29, 1.82) is 0 Å². The van der Waals surface area contributed by atoms with E-state index in [0.29, 0.717) is 39.4 Å². The highest BCUT2D eigenvalue weighted by Crippen LogP contribution is 2.35. The van der Waals surface area contributed by atoms with Crippen molar-refractivity contribution in [2.24, 2.45) is 0 Å². The summed E-state index contributed by atoms with van der Waals surface area (Å²) < 4.78 is 7.06. The van der Waals surface area contributed by atoms with Gasteiger partial charge >= 0.3 is 0 Å². The van der Waals surface area contributed by atoms with E-state index in [1.165, 1.54) is 9.42 Å². The van der Waals surface area contributed by atoms with E-state index in [1.54, 1.807) is 48.5 Å². The van der Waals surface area contributed by atoms with Gasteiger partial charge in [-0.1, -0.05) is 54.1 Å². The number of nitrogens with one attached hydrogen (secondary N) is 1. The molecule has 11 heteroatoms. The second kappa shape index (κ2) is 10.6. The van der Waals surface area contributed by atoms with Crippen molar-refractivity contribution in [3.63, 3.8) is 0 Å². The number of hydrogen-bond donors (Lipinski definition) is 1. The van der Waals surface area contributed by atoms with Gasteiger partial charge in [0.2, 0.25) is 10.9 Å². The van der Waals surface area contributed by atoms with Crippen LogP contribution >= 0.6 is 22.9 Å². The lowest BCUT2D eigenvalue weighted by molar-refractivity contribution is -0.118. The number of ether oxygens (including phenoxy) is 1. The summed E-state index contributed by atoms with van der Waals surface area (Å²) in [6, 6.07) is 21.2. The molecule has 9 nitrogen and oxygen atoms in total. The van der Waals surface area contributed by atoms with Crippen molar-refractivity contribution >= 4 is 56.7 Å². The highest BCUT2D eigenvalue weighted by molar-refractivity contribution is 7.15. The standard InChI is InChI=1S/C29H22ClN5O4S/c1-2-14-39-20-12-10-17(11-13-20)26-32-29-35(33-26)28(38)25(40-29)24-21-8-3-4-9-22(21)34(27(24)37)16-23(36)31-19-7-5-6-18(30)15-19/h3-13,15H,2,14,16H2,1H3,(H,31,36). The summed E-state index contributed by atoms with van der Waals surface area (Å²) in [5.74, 6) is 0.317. The lowest BCUT2D eigenvalue weighted by Gasteiger charge is -2.16. The fraction of sp³-hybridized carbons (Fsp3) is 0.138. The Morgan fingerprint density at radius 3 is 2.60 bits per heavy atom. The van der Waals surface area contributed by atoms with Crippen LogP contribution in [0.15, 0.2) is 77.6 Å². The molecule has 0 fully saturated rings. The molecule has 0 unspecified atom stereocenters. The molecule has 1 aliphatic rings. The second-order valence-corrected chi connectivity index (χ2v) is 10.5. The van der Waals surface area contributed by atoms with E-state index in [1.807, 2.05) is 31.2 Å². The minimum atomic E-state index is -0.440. The number of rotatable bonds is 7. The monoisotopic (exact) mass is 571 g/mol. The fourth-order valence-corrected chi connectivity index (χ4v) is 5.68. The second-order valence-electron chi connectivity index (χ2n) is 9.08. The van der Waals surface area contributed by atoms with Gasteiger partial charge in [-0.2, -0.15) is 9.50 Å². The molecule has 0 saturated heterocycles. The first kappa shape index (κ1) is 25.7. The summed E-state index contributed by atoms with van der Waals surface area (Å²) >= 11 is 7.11. The van der Waals surface area contributed by atoms with Crippen molar-refractivity contribution < 1.29 is 14.3 Å². The Kier molecular flexibility index (Phi) is 6.79. The Balaban J connectivity index is 1.33. The predicted molar refractivity (Wildman–Crippen MR) is 155 cm³/mol. The summed E-state index contributed by atoms with van der Waals surface area (Å²) in [7, 11) is 0. The van der Waals surface area contributed by atoms with Crippen LogP contribution in [0.5, 0.6) is 5.75 Å². The van der Waals surface area contributed by atoms with Crippen LogP contribution in [0.4, 0.5) is 11.4 Å². The smallest absolute Gasteiger partial charge is 0.291 e. The van der Waals surface area contributed by atoms with Gasteiger partial charge in [-0.15, -0.1) is 5.10 Å². The van der Waals surface area contributed by atoms with Crippen LogP contribution in [0.3, 0.4) is 0 Å². The van der Waals surface area contributed by atoms with Crippen LogP contribution in [0.1, 0.15) is 18.9 Å². The maximum Gasteiger partial charge on any atom is 0.291 e. The van der Waals surface area contributed by atoms with Gasteiger partial charge in [0.05, 0.1) is 17.9 Å². The number of para-hydroxylation sites is 1. The molecule has 0 atom stereocenters. The first-order chi connectivity index (χ1) is 19.4. The molecule has 3 heterocycles. The van der Waals surface area contributed by atoms with Crippen LogP contribution in [0, 0.1) is 0 Å². The molecule has 0 bridgehead atoms. The van der Waals surface area contributed by atoms with Crippen LogP contribution < -0.4 is 25.0 Å². The molecule has 5 aromatic rings. The van der Waals surface area contributed by atoms with Crippen LogP contribution in [0.25, 0.3) is 21.9 Å². The lowest BCUT2D eigenvalue weighted by atomic mass is 10.1. The molecule has 0 spiro atoms. The Labute approximate surface area is 237 Å². The summed E-state index contributed by atoms with van der Waals surface area (Å²) in [4.78, 5) is 46.2. The maximum absolute atomic E-state index is 13.6. The van der Waals surface area contributed by atoms with E-state index < -0.39 is 17.4 Å². The number of amides is 2. The zero-order valence-electron chi connectivity index (χ0n) is 21.3. The highest BCUT2D eigenvalue weighted by atomic mass is 35.5. The number of nitrogens with zero attached hydrogens (tertiary/aromatic N) is 4. The minimum absolute atomic E-state index is 0.222. The Bertz CT molecular complexity index is 1880. The van der Waals surface area contributed by atoms with Gasteiger partial charge in [0.25, 0.3) is 11.5 Å². The summed E-state index contributed by atoms with van der Waals surface area (Å²) in [5, 5.41) is 7.66. The number of carbonyl (C=O) groups is 2. The molecule has 40 heavy (non-hydrogen) atoms. The summed E-state index contributed by atoms with van der Waals surface area (Å²) in [6.07, 6.45) is 0.912. The van der Waals surface area contributed by atoms with Crippen LogP contribution in [-0.4, -0.2) is 39.6 Å². The number of aromatic nitrogens is 3. The van der Waals surface area contributed by atoms with Gasteiger partial charge in [0.1, 0.15) is 16.8 Å². The number of benzene rings is 3. The number of fused-ring (bicyclic) bond motifs is 2. The molecule has 2 aromatic heterocycles. The molecule has 0 radical (unpaired) electrons. The van der Waals surface area contributed by atoms with E-state index in [2.05, 4.69) is 15.4 Å². The molecular weight excluding hydrogens is 550 g/mol. The van der Waals surface area contributed by atoms with Crippen molar-refractivity contribution in [3.05, 3.63) is 98.3 Å². The summed E-state index contributed by atoms with van der Waals surface area (Å²) in [6.45, 7) is 2.44. The Hall–Kier alpha value is -4.54. The fourth-order valence-electron chi connectivity index (χ4n) is 4.49. The van der Waals surface area contributed by atoms with Crippen molar-refractivity contribution in [2.45, 2.75) is 13.3 Å². The van der Waals surface area contributed by atoms with Gasteiger partial charge in [-0.3, -0.25) is 19.3 Å². The highest BCUT2D eigenvalue weighted by Gasteiger charge is 2.35. The first-order valence-electron chi connectivity index (χ1n) is 12.6. The number of carbonyl (C=O) groups excluding carboxylic acids is 2. The van der Waals surface area contributed by atoms with E-state index >= 15 is 0 Å². The quantitative estimate of drug-likeness (QED) is 0.314. The third-order valence-electron chi connectivity index (χ3n) is 6.30. The van der Waals surface area contributed by atoms with Gasteiger partial charge in [0.15, 0.2) is 5.82 Å². The number of thiazole rings is 1. The van der Waals surface area contributed by atoms with Gasteiger partial charge < -0.3 is 10.1 Å². The Morgan fingerprint density at radius 1 is 1.05 bits per heavy atom. The van der Waals surface area contributed by atoms with E-state index in [-0.39, 0.29) is 16.7 Å². The molecular formula is C29H22ClN5O4S. The van der Waals surface area contributed by atoms with Gasteiger partial charge in [-0.05, 0) is 55.0 Å². The molecule has 1 aliphatic heterocycles. The van der Waals surface area contributed by atoms with Crippen molar-refractivity contribution in [2.75, 3.05) is 23.4 Å². The summed E-state index contributed by atoms with van der Waals surface area (Å²) in [5.41, 5.74) is 2.18. The maximum atomic E-state index is 13.6. The molecule has 200 valence electrons. The lowest BCUT2D eigenvalue weighted by Crippen LogP contribution is -2.37. The van der Waals surface area contributed by atoms with Crippen molar-refractivity contribution in [3.8, 4) is 17.1 Å². The van der Waals surface area contributed by atoms with E-state index in [4.69, 9.17) is 16.3 Å². The zero-order chi connectivity index (χ0) is 27.8. The van der Waals surface area contributed by atoms with Gasteiger partial charge in [0, 0.05) is 21.8 Å². The number of hydrogen-bond acceptors (Lipinski definition) is 7. The minimum Gasteiger partial charge on any atom is -0.494 e. The van der Waals surface area contributed by atoms with Crippen LogP contribution in [0.2, 0.25) is 5.02 Å². The molecule has 0 aliphatic carbocycles. The molecule has 1 N–H and O–H groups in total. The molecule has 3 aromatic carbocycles. The third kappa shape index (κ3) is 4.72. The molecule has 2 amide bonds. The molecule has 6 rings (SSSR count). The number of anilines is 2.